The number of carboxylic acids is 1. The zero-order valence-electron chi connectivity index (χ0n) is 28.1. The Balaban J connectivity index is 6.10. The van der Waals surface area contributed by atoms with E-state index in [1.165, 1.54) is 6.92 Å². The van der Waals surface area contributed by atoms with Gasteiger partial charge in [0.1, 0.15) is 36.3 Å². The number of carbonyl (C=O) groups is 9. The van der Waals surface area contributed by atoms with Gasteiger partial charge in [0.25, 0.3) is 0 Å². The van der Waals surface area contributed by atoms with Crippen molar-refractivity contribution < 1.29 is 63.6 Å². The Morgan fingerprint density at radius 3 is 1.46 bits per heavy atom. The monoisotopic (exact) mass is 719 g/mol. The Bertz CT molecular complexity index is 1250. The lowest BCUT2D eigenvalue weighted by molar-refractivity contribution is -0.143. The zero-order valence-corrected chi connectivity index (χ0v) is 28.1. The third kappa shape index (κ3) is 16.5. The number of hydrogen-bond acceptors (Lipinski definition) is 13. The Kier molecular flexibility index (Phi) is 19.8. The third-order valence-corrected chi connectivity index (χ3v) is 6.78. The van der Waals surface area contributed by atoms with Crippen LogP contribution in [0.1, 0.15) is 53.4 Å². The summed E-state index contributed by atoms with van der Waals surface area (Å²) in [7, 11) is 0. The lowest BCUT2D eigenvalue weighted by atomic mass is 10.0. The molecule has 0 aliphatic rings. The summed E-state index contributed by atoms with van der Waals surface area (Å²) in [4.78, 5) is 112. The second-order valence-corrected chi connectivity index (χ2v) is 11.8. The van der Waals surface area contributed by atoms with E-state index in [1.54, 1.807) is 13.8 Å². The van der Waals surface area contributed by atoms with Gasteiger partial charge in [-0.2, -0.15) is 0 Å². The van der Waals surface area contributed by atoms with Crippen molar-refractivity contribution in [2.24, 2.45) is 23.1 Å². The molecule has 0 radical (unpaired) electrons. The maximum Gasteiger partial charge on any atom is 0.328 e. The molecule has 0 fully saturated rings. The first kappa shape index (κ1) is 45.1. The molecule has 0 rings (SSSR count). The van der Waals surface area contributed by atoms with Crippen molar-refractivity contribution in [2.45, 2.75) is 102 Å². The van der Waals surface area contributed by atoms with Crippen LogP contribution >= 0.6 is 0 Å². The van der Waals surface area contributed by atoms with Crippen molar-refractivity contribution in [3.8, 4) is 0 Å². The number of aliphatic carboxylic acids is 1. The number of hydrogen-bond donors (Lipinski definition) is 13. The molecular formula is C28H49N9O13. The Morgan fingerprint density at radius 1 is 0.580 bits per heavy atom. The first-order valence-electron chi connectivity index (χ1n) is 15.4. The third-order valence-electron chi connectivity index (χ3n) is 6.78. The van der Waals surface area contributed by atoms with Crippen LogP contribution in [0.15, 0.2) is 0 Å². The van der Waals surface area contributed by atoms with Crippen molar-refractivity contribution in [2.75, 3.05) is 13.2 Å². The molecule has 22 nitrogen and oxygen atoms in total. The van der Waals surface area contributed by atoms with E-state index in [0.717, 1.165) is 6.92 Å². The Morgan fingerprint density at radius 2 is 1.02 bits per heavy atom. The van der Waals surface area contributed by atoms with Crippen molar-refractivity contribution >= 4 is 53.2 Å². The zero-order chi connectivity index (χ0) is 38.9. The van der Waals surface area contributed by atoms with Gasteiger partial charge in [0.15, 0.2) is 0 Å². The fraction of sp³-hybridized carbons (Fsp3) is 0.679. The van der Waals surface area contributed by atoms with Crippen molar-refractivity contribution in [3.63, 3.8) is 0 Å². The normalized spacial score (nSPS) is 15.8. The minimum Gasteiger partial charge on any atom is -0.480 e. The summed E-state index contributed by atoms with van der Waals surface area (Å²) >= 11 is 0. The molecule has 284 valence electrons. The van der Waals surface area contributed by atoms with Crippen LogP contribution in [0.3, 0.4) is 0 Å². The van der Waals surface area contributed by atoms with Gasteiger partial charge in [-0.05, 0) is 32.6 Å². The van der Waals surface area contributed by atoms with Gasteiger partial charge >= 0.3 is 5.97 Å². The molecule has 0 unspecified atom stereocenters. The second kappa shape index (κ2) is 21.9. The number of nitrogens with two attached hydrogens (primary N) is 3. The fourth-order valence-electron chi connectivity index (χ4n) is 4.09. The van der Waals surface area contributed by atoms with E-state index >= 15 is 0 Å². The van der Waals surface area contributed by atoms with Gasteiger partial charge in [-0.1, -0.05) is 13.8 Å². The van der Waals surface area contributed by atoms with E-state index in [0.29, 0.717) is 0 Å². The van der Waals surface area contributed by atoms with Gasteiger partial charge in [0, 0.05) is 6.42 Å². The van der Waals surface area contributed by atoms with Crippen molar-refractivity contribution in [1.29, 1.82) is 0 Å². The van der Waals surface area contributed by atoms with Crippen LogP contribution in [0.4, 0.5) is 0 Å². The summed E-state index contributed by atoms with van der Waals surface area (Å²) in [6.07, 6.45) is -3.22. The molecule has 0 heterocycles. The SMILES string of the molecule is CC(C)C[C@H](NC(=O)[C@H](CC(N)=O)NC(=O)[C@H](CO)NC(=O)[C@@H](NC(=O)[C@H](C)N)[C@@H](C)O)C(=O)N[C@@H](CCC(N)=O)C(=O)N[C@@H](CO)C(=O)O. The first-order valence-corrected chi connectivity index (χ1v) is 15.4. The molecule has 0 aliphatic carbocycles. The van der Waals surface area contributed by atoms with E-state index in [1.807, 2.05) is 5.32 Å². The summed E-state index contributed by atoms with van der Waals surface area (Å²) in [5.74, 6) is -10.2. The van der Waals surface area contributed by atoms with Crippen LogP contribution in [0, 0.1) is 5.92 Å². The summed E-state index contributed by atoms with van der Waals surface area (Å²) in [5.41, 5.74) is 15.9. The van der Waals surface area contributed by atoms with Crippen molar-refractivity contribution in [1.82, 2.24) is 31.9 Å². The molecule has 8 amide bonds. The molecule has 0 saturated carbocycles. The standard InChI is InChI=1S/C28H49N9O13/c1-11(2)7-15(24(45)32-14(5-6-19(30)41)23(44)36-18(10-39)28(49)50)33-25(46)16(8-20(31)42)34-26(47)17(9-38)35-27(48)21(13(4)40)37-22(43)12(3)29/h11-18,21,38-40H,5-10,29H2,1-4H3,(H2,30,41)(H2,31,42)(H,32,45)(H,33,46)(H,34,47)(H,35,48)(H,36,44)(H,37,43)(H,49,50)/t12-,13+,14-,15-,16-,17-,18-,21-/m0/s1. The first-order chi connectivity index (χ1) is 23.1. The van der Waals surface area contributed by atoms with E-state index in [9.17, 15) is 58.5 Å². The summed E-state index contributed by atoms with van der Waals surface area (Å²) in [6, 6.07) is -11.0. The second-order valence-electron chi connectivity index (χ2n) is 11.8. The number of nitrogens with one attached hydrogen (secondary N) is 6. The highest BCUT2D eigenvalue weighted by atomic mass is 16.4. The topological polar surface area (TPSA) is 385 Å². The van der Waals surface area contributed by atoms with Crippen LogP contribution in [0.5, 0.6) is 0 Å². The number of aliphatic hydroxyl groups is 3. The van der Waals surface area contributed by atoms with Crippen LogP contribution in [0.2, 0.25) is 0 Å². The van der Waals surface area contributed by atoms with Gasteiger partial charge in [-0.25, -0.2) is 4.79 Å². The smallest absolute Gasteiger partial charge is 0.328 e. The van der Waals surface area contributed by atoms with Gasteiger partial charge < -0.3 is 69.5 Å². The van der Waals surface area contributed by atoms with E-state index in [-0.39, 0.29) is 12.3 Å². The number of rotatable bonds is 23. The van der Waals surface area contributed by atoms with Crippen LogP contribution < -0.4 is 49.1 Å². The molecule has 50 heavy (non-hydrogen) atoms. The molecule has 0 spiro atoms. The minimum absolute atomic E-state index is 0.0868. The van der Waals surface area contributed by atoms with Gasteiger partial charge in [0.2, 0.25) is 47.3 Å². The van der Waals surface area contributed by atoms with Gasteiger partial charge in [-0.15, -0.1) is 0 Å². The number of aliphatic hydroxyl groups excluding tert-OH is 3. The molecule has 22 heteroatoms. The fourth-order valence-corrected chi connectivity index (χ4v) is 4.09. The lowest BCUT2D eigenvalue weighted by Gasteiger charge is -2.27. The predicted molar refractivity (Wildman–Crippen MR) is 170 cm³/mol. The Labute approximate surface area is 287 Å². The molecular weight excluding hydrogens is 670 g/mol. The molecule has 8 atom stereocenters. The Hall–Kier alpha value is -4.93. The van der Waals surface area contributed by atoms with Crippen LogP contribution in [-0.4, -0.2) is 135 Å². The van der Waals surface area contributed by atoms with Crippen molar-refractivity contribution in [3.05, 3.63) is 0 Å². The number of primary amides is 2. The summed E-state index contributed by atoms with van der Waals surface area (Å²) in [6.45, 7) is 3.74. The van der Waals surface area contributed by atoms with Crippen LogP contribution in [-0.2, 0) is 43.2 Å². The highest BCUT2D eigenvalue weighted by molar-refractivity contribution is 5.98. The molecule has 0 bridgehead atoms. The van der Waals surface area contributed by atoms with E-state index < -0.39 is 134 Å². The maximum absolute atomic E-state index is 13.3. The summed E-state index contributed by atoms with van der Waals surface area (Å²) in [5, 5.41) is 51.2. The molecule has 16 N–H and O–H groups in total. The molecule has 0 saturated heterocycles. The van der Waals surface area contributed by atoms with Gasteiger partial charge in [0.05, 0.1) is 31.8 Å². The molecule has 0 aromatic carbocycles. The quantitative estimate of drug-likeness (QED) is 0.0467. The minimum atomic E-state index is -1.79. The number of amides is 8. The highest BCUT2D eigenvalue weighted by Gasteiger charge is 2.35. The summed E-state index contributed by atoms with van der Waals surface area (Å²) < 4.78 is 0. The maximum atomic E-state index is 13.3. The van der Waals surface area contributed by atoms with Crippen LogP contribution in [0.25, 0.3) is 0 Å². The largest absolute Gasteiger partial charge is 0.480 e. The van der Waals surface area contributed by atoms with E-state index in [4.69, 9.17) is 22.3 Å². The number of carboxylic acid groups (broad SMARTS) is 1. The number of carbonyl (C=O) groups excluding carboxylic acids is 8. The predicted octanol–water partition coefficient (Wildman–Crippen LogP) is -7.12. The van der Waals surface area contributed by atoms with E-state index in [2.05, 4.69) is 26.6 Å². The van der Waals surface area contributed by atoms with Gasteiger partial charge in [-0.3, -0.25) is 38.4 Å². The molecule has 0 aliphatic heterocycles. The average molecular weight is 720 g/mol. The average Bonchev–Trinajstić information content (AvgIpc) is 3.00. The highest BCUT2D eigenvalue weighted by Crippen LogP contribution is 2.09. The molecule has 0 aromatic heterocycles. The lowest BCUT2D eigenvalue weighted by Crippen LogP contribution is -2.62. The molecule has 0 aromatic rings.